The van der Waals surface area contributed by atoms with Gasteiger partial charge in [0.1, 0.15) is 11.5 Å². The summed E-state index contributed by atoms with van der Waals surface area (Å²) in [5.41, 5.74) is 6.64. The predicted octanol–water partition coefficient (Wildman–Crippen LogP) is 6.33. The predicted molar refractivity (Wildman–Crippen MR) is 173 cm³/mol. The first-order chi connectivity index (χ1) is 21.0. The summed E-state index contributed by atoms with van der Waals surface area (Å²) in [5, 5.41) is 14.5. The monoisotopic (exact) mass is 591 g/mol. The number of para-hydroxylation sites is 1. The number of aromatic nitrogens is 6. The van der Waals surface area contributed by atoms with Crippen LogP contribution >= 0.6 is 0 Å². The van der Waals surface area contributed by atoms with Crippen LogP contribution < -0.4 is 10.6 Å². The van der Waals surface area contributed by atoms with Crippen LogP contribution in [0.1, 0.15) is 20.8 Å². The molecule has 0 fully saturated rings. The molecule has 4 aromatic heterocycles. The third-order valence-corrected chi connectivity index (χ3v) is 7.26. The van der Waals surface area contributed by atoms with Crippen LogP contribution in [0.25, 0.3) is 55.8 Å². The quantitative estimate of drug-likeness (QED) is 0.163. The van der Waals surface area contributed by atoms with Crippen LogP contribution in [0.4, 0.5) is 15.8 Å². The van der Waals surface area contributed by atoms with Gasteiger partial charge in [-0.2, -0.15) is 5.10 Å². The highest BCUT2D eigenvalue weighted by Crippen LogP contribution is 2.34. The van der Waals surface area contributed by atoms with E-state index in [4.69, 9.17) is 4.98 Å². The summed E-state index contributed by atoms with van der Waals surface area (Å²) in [6, 6.07) is 14.6. The van der Waals surface area contributed by atoms with E-state index in [1.165, 1.54) is 12.1 Å². The second-order valence-corrected chi connectivity index (χ2v) is 12.1. The number of anilines is 2. The number of hydrogen-bond donors (Lipinski definition) is 4. The number of carbonyl (C=O) groups excluding carboxylic acids is 1. The zero-order valence-electron chi connectivity index (χ0n) is 25.3. The fourth-order valence-corrected chi connectivity index (χ4v) is 4.87. The van der Waals surface area contributed by atoms with Gasteiger partial charge in [0.15, 0.2) is 11.5 Å². The zero-order chi connectivity index (χ0) is 31.0. The third kappa shape index (κ3) is 6.00. The minimum absolute atomic E-state index is 0.0959. The largest absolute Gasteiger partial charge is 0.384 e. The third-order valence-electron chi connectivity index (χ3n) is 7.26. The maximum Gasteiger partial charge on any atom is 0.229 e. The van der Waals surface area contributed by atoms with Gasteiger partial charge in [0.05, 0.1) is 28.3 Å². The molecular weight excluding hydrogens is 557 g/mol. The lowest BCUT2D eigenvalue weighted by Gasteiger charge is -2.17. The lowest BCUT2D eigenvalue weighted by molar-refractivity contribution is -0.123. The van der Waals surface area contributed by atoms with Gasteiger partial charge < -0.3 is 20.5 Å². The van der Waals surface area contributed by atoms with Crippen LogP contribution in [0.3, 0.4) is 0 Å². The molecule has 6 aromatic rings. The van der Waals surface area contributed by atoms with E-state index >= 15 is 0 Å². The second kappa shape index (κ2) is 11.5. The highest BCUT2D eigenvalue weighted by molar-refractivity contribution is 5.98. The van der Waals surface area contributed by atoms with Crippen molar-refractivity contribution in [3.8, 4) is 33.8 Å². The molecule has 4 heterocycles. The molecule has 0 aliphatic carbocycles. The number of amides is 1. The summed E-state index contributed by atoms with van der Waals surface area (Å²) in [4.78, 5) is 31.8. The van der Waals surface area contributed by atoms with Crippen molar-refractivity contribution in [1.82, 2.24) is 35.0 Å². The van der Waals surface area contributed by atoms with Crippen molar-refractivity contribution in [2.24, 2.45) is 5.41 Å². The molecule has 0 aliphatic rings. The van der Waals surface area contributed by atoms with Gasteiger partial charge in [-0.1, -0.05) is 32.9 Å². The Labute approximate surface area is 254 Å². The Morgan fingerprint density at radius 1 is 0.977 bits per heavy atom. The first-order valence-electron chi connectivity index (χ1n) is 14.3. The number of fused-ring (bicyclic) bond motifs is 2. The molecule has 6 rings (SSSR count). The summed E-state index contributed by atoms with van der Waals surface area (Å²) in [6.07, 6.45) is 5.09. The molecule has 0 unspecified atom stereocenters. The number of nitrogens with one attached hydrogen (secondary N) is 4. The van der Waals surface area contributed by atoms with Crippen molar-refractivity contribution in [2.75, 3.05) is 37.8 Å². The number of carbonyl (C=O) groups is 1. The average molecular weight is 592 g/mol. The standard InChI is InChI=1S/C33H34FN9O/c1-33(2,3)32(44)38-24-13-20(16-35-18-24)21-14-26-29(41-42-30(26)37-17-21)31-39-27-8-6-7-25(28(27)40-31)19-11-22(34)15-23(12-19)36-9-10-43(4)5/h6-8,11-18,36H,9-10H2,1-5H3,(H,38,44)(H,39,40)(H,37,41,42). The Kier molecular flexibility index (Phi) is 7.56. The summed E-state index contributed by atoms with van der Waals surface area (Å²) < 4.78 is 14.7. The van der Waals surface area contributed by atoms with Gasteiger partial charge in [0.25, 0.3) is 0 Å². The molecule has 44 heavy (non-hydrogen) atoms. The van der Waals surface area contributed by atoms with E-state index in [0.717, 1.165) is 39.7 Å². The SMILES string of the molecule is CN(C)CCNc1cc(F)cc(-c2cccc3[nH]c(-c4n[nH]c5ncc(-c6cncc(NC(=O)C(C)(C)C)c6)cc45)nc23)c1. The number of halogens is 1. The lowest BCUT2D eigenvalue weighted by atomic mass is 9.95. The van der Waals surface area contributed by atoms with Crippen molar-refractivity contribution in [3.63, 3.8) is 0 Å². The maximum absolute atomic E-state index is 14.7. The fourth-order valence-electron chi connectivity index (χ4n) is 4.87. The Balaban J connectivity index is 1.35. The number of pyridine rings is 2. The lowest BCUT2D eigenvalue weighted by Crippen LogP contribution is -2.27. The fraction of sp³-hybridized carbons (Fsp3) is 0.242. The molecular formula is C33H34FN9O. The van der Waals surface area contributed by atoms with Crippen LogP contribution in [0.2, 0.25) is 0 Å². The Morgan fingerprint density at radius 3 is 2.57 bits per heavy atom. The van der Waals surface area contributed by atoms with Crippen LogP contribution in [-0.2, 0) is 4.79 Å². The van der Waals surface area contributed by atoms with Crippen molar-refractivity contribution >= 4 is 39.3 Å². The van der Waals surface area contributed by atoms with Crippen LogP contribution in [0.5, 0.6) is 0 Å². The molecule has 2 aromatic carbocycles. The number of rotatable bonds is 8. The van der Waals surface area contributed by atoms with Gasteiger partial charge in [0.2, 0.25) is 5.91 Å². The molecule has 10 nitrogen and oxygen atoms in total. The number of likely N-dealkylation sites (N-methyl/N-ethyl adjacent to an activating group) is 1. The number of hydrogen-bond acceptors (Lipinski definition) is 7. The highest BCUT2D eigenvalue weighted by Gasteiger charge is 2.22. The summed E-state index contributed by atoms with van der Waals surface area (Å²) in [7, 11) is 4.00. The van der Waals surface area contributed by atoms with Crippen molar-refractivity contribution in [2.45, 2.75) is 20.8 Å². The van der Waals surface area contributed by atoms with Gasteiger partial charge in [-0.3, -0.25) is 14.9 Å². The topological polar surface area (TPSA) is 128 Å². The number of aromatic amines is 2. The molecule has 1 amide bonds. The maximum atomic E-state index is 14.7. The number of nitrogens with zero attached hydrogens (tertiary/aromatic N) is 5. The van der Waals surface area contributed by atoms with Crippen molar-refractivity contribution in [1.29, 1.82) is 0 Å². The van der Waals surface area contributed by atoms with E-state index in [0.29, 0.717) is 40.6 Å². The molecule has 0 spiro atoms. The molecule has 0 saturated carbocycles. The molecule has 4 N–H and O–H groups in total. The van der Waals surface area contributed by atoms with Gasteiger partial charge in [0, 0.05) is 53.3 Å². The van der Waals surface area contributed by atoms with E-state index in [9.17, 15) is 9.18 Å². The van der Waals surface area contributed by atoms with E-state index in [1.807, 2.05) is 71.3 Å². The summed E-state index contributed by atoms with van der Waals surface area (Å²) >= 11 is 0. The minimum Gasteiger partial charge on any atom is -0.384 e. The molecule has 11 heteroatoms. The highest BCUT2D eigenvalue weighted by atomic mass is 19.1. The number of H-pyrrole nitrogens is 2. The van der Waals surface area contributed by atoms with Gasteiger partial charge in [-0.15, -0.1) is 0 Å². The first kappa shape index (κ1) is 28.9. The molecule has 0 saturated heterocycles. The van der Waals surface area contributed by atoms with Crippen LogP contribution in [0, 0.1) is 11.2 Å². The van der Waals surface area contributed by atoms with Crippen molar-refractivity contribution in [3.05, 3.63) is 72.9 Å². The second-order valence-electron chi connectivity index (χ2n) is 12.1. The van der Waals surface area contributed by atoms with Crippen LogP contribution in [0.15, 0.2) is 67.1 Å². The Bertz CT molecular complexity index is 1990. The minimum atomic E-state index is -0.533. The average Bonchev–Trinajstić information content (AvgIpc) is 3.60. The molecule has 0 aliphatic heterocycles. The first-order valence-corrected chi connectivity index (χ1v) is 14.3. The smallest absolute Gasteiger partial charge is 0.229 e. The summed E-state index contributed by atoms with van der Waals surface area (Å²) in [6.45, 7) is 7.10. The van der Waals surface area contributed by atoms with Crippen LogP contribution in [-0.4, -0.2) is 68.1 Å². The zero-order valence-corrected chi connectivity index (χ0v) is 25.3. The van der Waals surface area contributed by atoms with Gasteiger partial charge in [-0.25, -0.2) is 14.4 Å². The number of imidazole rings is 1. The van der Waals surface area contributed by atoms with Crippen molar-refractivity contribution < 1.29 is 9.18 Å². The molecule has 0 bridgehead atoms. The van der Waals surface area contributed by atoms with E-state index in [-0.39, 0.29) is 11.7 Å². The Hall–Kier alpha value is -5.16. The molecule has 224 valence electrons. The van der Waals surface area contributed by atoms with Gasteiger partial charge in [-0.05, 0) is 56.1 Å². The molecule has 0 atom stereocenters. The number of benzene rings is 2. The van der Waals surface area contributed by atoms with Gasteiger partial charge >= 0.3 is 0 Å². The van der Waals surface area contributed by atoms with E-state index in [1.54, 1.807) is 18.6 Å². The Morgan fingerprint density at radius 2 is 1.77 bits per heavy atom. The summed E-state index contributed by atoms with van der Waals surface area (Å²) in [5.74, 6) is 0.139. The van der Waals surface area contributed by atoms with E-state index < -0.39 is 5.41 Å². The normalized spacial score (nSPS) is 11.9. The van der Waals surface area contributed by atoms with E-state index in [2.05, 4.69) is 40.7 Å². The molecule has 0 radical (unpaired) electrons.